The number of rotatable bonds is 3. The van der Waals surface area contributed by atoms with Crippen molar-refractivity contribution in [2.75, 3.05) is 19.6 Å². The fraction of sp³-hybridized carbons (Fsp3) is 0.722. The Balaban J connectivity index is 1.80. The lowest BCUT2D eigenvalue weighted by atomic mass is 9.90. The zero-order valence-corrected chi connectivity index (χ0v) is 13.7. The summed E-state index contributed by atoms with van der Waals surface area (Å²) in [5, 5.41) is 0. The van der Waals surface area contributed by atoms with Crippen LogP contribution in [-0.2, 0) is 0 Å². The van der Waals surface area contributed by atoms with Gasteiger partial charge in [-0.05, 0) is 44.4 Å². The Bertz CT molecular complexity index is 445. The van der Waals surface area contributed by atoms with Crippen molar-refractivity contribution in [1.82, 2.24) is 14.8 Å². The molecule has 1 aromatic heterocycles. The van der Waals surface area contributed by atoms with Crippen LogP contribution in [0.25, 0.3) is 0 Å². The third-order valence-electron chi connectivity index (χ3n) is 5.40. The molecule has 0 aromatic carbocycles. The van der Waals surface area contributed by atoms with E-state index in [0.29, 0.717) is 18.0 Å². The molecule has 2 aliphatic heterocycles. The number of pyridine rings is 1. The molecule has 3 unspecified atom stereocenters. The van der Waals surface area contributed by atoms with Crippen LogP contribution in [-0.4, -0.2) is 46.5 Å². The Morgan fingerprint density at radius 3 is 2.71 bits per heavy atom. The van der Waals surface area contributed by atoms with Gasteiger partial charge >= 0.3 is 0 Å². The summed E-state index contributed by atoms with van der Waals surface area (Å²) < 4.78 is 0. The minimum Gasteiger partial charge on any atom is -0.298 e. The molecule has 3 rings (SSSR count). The first kappa shape index (κ1) is 15.0. The maximum atomic E-state index is 4.60. The van der Waals surface area contributed by atoms with Crippen LogP contribution in [0, 0.1) is 5.92 Å². The Hall–Kier alpha value is -0.930. The van der Waals surface area contributed by atoms with E-state index in [0.717, 1.165) is 6.04 Å². The molecule has 2 fully saturated rings. The number of fused-ring (bicyclic) bond motifs is 1. The van der Waals surface area contributed by atoms with Gasteiger partial charge in [-0.2, -0.15) is 0 Å². The van der Waals surface area contributed by atoms with Crippen LogP contribution in [0.2, 0.25) is 0 Å². The van der Waals surface area contributed by atoms with Crippen molar-refractivity contribution in [3.05, 3.63) is 30.1 Å². The molecule has 2 saturated heterocycles. The highest BCUT2D eigenvalue weighted by molar-refractivity contribution is 5.10. The van der Waals surface area contributed by atoms with Gasteiger partial charge < -0.3 is 0 Å². The van der Waals surface area contributed by atoms with E-state index in [9.17, 15) is 0 Å². The molecule has 116 valence electrons. The van der Waals surface area contributed by atoms with E-state index in [1.54, 1.807) is 0 Å². The highest BCUT2D eigenvalue weighted by Crippen LogP contribution is 2.32. The summed E-state index contributed by atoms with van der Waals surface area (Å²) in [5.74, 6) is 0.694. The molecule has 0 aliphatic carbocycles. The highest BCUT2D eigenvalue weighted by Gasteiger charge is 2.38. The topological polar surface area (TPSA) is 19.4 Å². The molecule has 3 nitrogen and oxygen atoms in total. The molecule has 21 heavy (non-hydrogen) atoms. The lowest BCUT2D eigenvalue weighted by Gasteiger charge is -2.51. The summed E-state index contributed by atoms with van der Waals surface area (Å²) in [5.41, 5.74) is 1.22. The quantitative estimate of drug-likeness (QED) is 0.850. The second kappa shape index (κ2) is 6.45. The van der Waals surface area contributed by atoms with Crippen molar-refractivity contribution in [3.63, 3.8) is 0 Å². The van der Waals surface area contributed by atoms with Gasteiger partial charge in [-0.3, -0.25) is 14.8 Å². The van der Waals surface area contributed by atoms with Crippen molar-refractivity contribution in [3.8, 4) is 0 Å². The van der Waals surface area contributed by atoms with Crippen LogP contribution in [0.15, 0.2) is 24.4 Å². The van der Waals surface area contributed by atoms with Gasteiger partial charge in [0.1, 0.15) is 0 Å². The monoisotopic (exact) mass is 287 g/mol. The fourth-order valence-electron chi connectivity index (χ4n) is 4.06. The lowest BCUT2D eigenvalue weighted by molar-refractivity contribution is -0.0279. The summed E-state index contributed by atoms with van der Waals surface area (Å²) in [6.45, 7) is 10.8. The van der Waals surface area contributed by atoms with Crippen molar-refractivity contribution in [2.24, 2.45) is 5.92 Å². The molecule has 3 atom stereocenters. The van der Waals surface area contributed by atoms with Gasteiger partial charge in [0.15, 0.2) is 0 Å². The Labute approximate surface area is 129 Å². The largest absolute Gasteiger partial charge is 0.298 e. The van der Waals surface area contributed by atoms with Crippen molar-refractivity contribution >= 4 is 0 Å². The van der Waals surface area contributed by atoms with Crippen molar-refractivity contribution in [2.45, 2.75) is 58.2 Å². The molecule has 1 aromatic rings. The van der Waals surface area contributed by atoms with E-state index in [4.69, 9.17) is 0 Å². The van der Waals surface area contributed by atoms with Gasteiger partial charge in [-0.1, -0.05) is 26.3 Å². The smallest absolute Gasteiger partial charge is 0.0572 e. The van der Waals surface area contributed by atoms with Crippen molar-refractivity contribution in [1.29, 1.82) is 0 Å². The van der Waals surface area contributed by atoms with Crippen LogP contribution < -0.4 is 0 Å². The van der Waals surface area contributed by atoms with Crippen LogP contribution in [0.3, 0.4) is 0 Å². The lowest BCUT2D eigenvalue weighted by Crippen LogP contribution is -2.61. The van der Waals surface area contributed by atoms with Gasteiger partial charge in [0, 0.05) is 37.4 Å². The zero-order valence-electron chi connectivity index (χ0n) is 13.7. The van der Waals surface area contributed by atoms with E-state index in [1.165, 1.54) is 44.6 Å². The molecule has 3 heteroatoms. The summed E-state index contributed by atoms with van der Waals surface area (Å²) in [7, 11) is 0. The number of piperidine rings is 1. The van der Waals surface area contributed by atoms with E-state index in [2.05, 4.69) is 47.7 Å². The van der Waals surface area contributed by atoms with Gasteiger partial charge in [-0.25, -0.2) is 0 Å². The molecular weight excluding hydrogens is 258 g/mol. The van der Waals surface area contributed by atoms with E-state index in [-0.39, 0.29) is 0 Å². The number of hydrogen-bond donors (Lipinski definition) is 0. The van der Waals surface area contributed by atoms with Gasteiger partial charge in [0.25, 0.3) is 0 Å². The van der Waals surface area contributed by atoms with Crippen LogP contribution in [0.4, 0.5) is 0 Å². The third kappa shape index (κ3) is 3.14. The average molecular weight is 287 g/mol. The zero-order chi connectivity index (χ0) is 14.8. The molecule has 0 amide bonds. The minimum atomic E-state index is 0.419. The summed E-state index contributed by atoms with van der Waals surface area (Å²) in [4.78, 5) is 10.1. The standard InChI is InChI=1S/C18H29N3/c1-14(2)18-13-20-11-7-5-8-16(20)12-21(18)15(3)17-9-4-6-10-19-17/h4,6,9-10,14-16,18H,5,7-8,11-13H2,1-3H3. The van der Waals surface area contributed by atoms with E-state index in [1.807, 2.05) is 12.3 Å². The molecule has 0 N–H and O–H groups in total. The SMILES string of the molecule is CC(C)C1CN2CCCCC2CN1C(C)c1ccccn1. The molecule has 0 saturated carbocycles. The summed E-state index contributed by atoms with van der Waals surface area (Å²) in [6.07, 6.45) is 6.08. The molecule has 0 spiro atoms. The van der Waals surface area contributed by atoms with Crippen LogP contribution in [0.1, 0.15) is 51.8 Å². The normalized spacial score (nSPS) is 29.3. The van der Waals surface area contributed by atoms with E-state index >= 15 is 0 Å². The Morgan fingerprint density at radius 1 is 1.14 bits per heavy atom. The van der Waals surface area contributed by atoms with E-state index < -0.39 is 0 Å². The molecule has 2 aliphatic rings. The maximum Gasteiger partial charge on any atom is 0.0572 e. The second-order valence-corrected chi connectivity index (χ2v) is 7.08. The predicted molar refractivity (Wildman–Crippen MR) is 87.2 cm³/mol. The summed E-state index contributed by atoms with van der Waals surface area (Å²) >= 11 is 0. The van der Waals surface area contributed by atoms with Crippen LogP contribution >= 0.6 is 0 Å². The first-order chi connectivity index (χ1) is 10.2. The first-order valence-corrected chi connectivity index (χ1v) is 8.57. The molecule has 0 radical (unpaired) electrons. The fourth-order valence-corrected chi connectivity index (χ4v) is 4.06. The minimum absolute atomic E-state index is 0.419. The number of aromatic nitrogens is 1. The number of piperazine rings is 1. The molecule has 0 bridgehead atoms. The molecular formula is C18H29N3. The van der Waals surface area contributed by atoms with Crippen molar-refractivity contribution < 1.29 is 0 Å². The highest BCUT2D eigenvalue weighted by atomic mass is 15.3. The second-order valence-electron chi connectivity index (χ2n) is 7.08. The maximum absolute atomic E-state index is 4.60. The first-order valence-electron chi connectivity index (χ1n) is 8.57. The Kier molecular flexibility index (Phi) is 4.60. The summed E-state index contributed by atoms with van der Waals surface area (Å²) in [6, 6.07) is 8.13. The van der Waals surface area contributed by atoms with Gasteiger partial charge in [-0.15, -0.1) is 0 Å². The van der Waals surface area contributed by atoms with Gasteiger partial charge in [0.05, 0.1) is 5.69 Å². The average Bonchev–Trinajstić information content (AvgIpc) is 2.53. The molecule has 3 heterocycles. The number of nitrogens with zero attached hydrogens (tertiary/aromatic N) is 3. The predicted octanol–water partition coefficient (Wildman–Crippen LogP) is 3.34. The number of hydrogen-bond acceptors (Lipinski definition) is 3. The van der Waals surface area contributed by atoms with Crippen LogP contribution in [0.5, 0.6) is 0 Å². The Morgan fingerprint density at radius 2 is 2.00 bits per heavy atom. The third-order valence-corrected chi connectivity index (χ3v) is 5.40. The van der Waals surface area contributed by atoms with Gasteiger partial charge in [0.2, 0.25) is 0 Å².